The van der Waals surface area contributed by atoms with Crippen LogP contribution in [0.4, 0.5) is 0 Å². The second kappa shape index (κ2) is 6.91. The minimum Gasteiger partial charge on any atom is -0.496 e. The Morgan fingerprint density at radius 3 is 2.42 bits per heavy atom. The lowest BCUT2D eigenvalue weighted by Gasteiger charge is -2.20. The molecule has 0 fully saturated rings. The molecule has 1 heterocycles. The van der Waals surface area contributed by atoms with Crippen LogP contribution in [0.25, 0.3) is 0 Å². The van der Waals surface area contributed by atoms with Crippen LogP contribution in [-0.2, 0) is 9.53 Å². The summed E-state index contributed by atoms with van der Waals surface area (Å²) in [5, 5.41) is 0. The van der Waals surface area contributed by atoms with Gasteiger partial charge in [-0.3, -0.25) is 4.79 Å². The van der Waals surface area contributed by atoms with Gasteiger partial charge in [-0.15, -0.1) is 0 Å². The average Bonchev–Trinajstić information content (AvgIpc) is 2.90. The van der Waals surface area contributed by atoms with Gasteiger partial charge in [0.1, 0.15) is 11.5 Å². The number of ether oxygens (including phenoxy) is 3. The number of Topliss-reactive ketones (excluding diaryl/α,β-unsaturated/α-hetero) is 1. The lowest BCUT2D eigenvalue weighted by molar-refractivity contribution is -0.146. The number of fused-ring (bicyclic) bond motifs is 1. The van der Waals surface area contributed by atoms with E-state index in [1.54, 1.807) is 32.1 Å². The summed E-state index contributed by atoms with van der Waals surface area (Å²) < 4.78 is 16.8. The van der Waals surface area contributed by atoms with Crippen LogP contribution in [0.3, 0.4) is 0 Å². The molecule has 0 saturated heterocycles. The summed E-state index contributed by atoms with van der Waals surface area (Å²) in [7, 11) is 1.49. The van der Waals surface area contributed by atoms with Crippen molar-refractivity contribution in [2.45, 2.75) is 39.9 Å². The van der Waals surface area contributed by atoms with Crippen molar-refractivity contribution in [3.8, 4) is 11.5 Å². The van der Waals surface area contributed by atoms with E-state index < -0.39 is 18.2 Å². The highest BCUT2D eigenvalue weighted by molar-refractivity contribution is 5.97. The molecule has 5 nitrogen and oxygen atoms in total. The lowest BCUT2D eigenvalue weighted by atomic mass is 9.98. The monoisotopic (exact) mass is 330 g/mol. The number of methoxy groups -OCH3 is 1. The fraction of sp³-hybridized carbons (Fsp3) is 0.368. The van der Waals surface area contributed by atoms with Crippen LogP contribution < -0.4 is 9.47 Å². The molecule has 1 aromatic carbocycles. The first-order valence-electron chi connectivity index (χ1n) is 7.69. The zero-order valence-electron chi connectivity index (χ0n) is 14.6. The highest BCUT2D eigenvalue weighted by Gasteiger charge is 2.39. The molecule has 0 radical (unpaired) electrons. The molecule has 0 N–H and O–H groups in total. The number of esters is 1. The van der Waals surface area contributed by atoms with E-state index in [9.17, 15) is 9.59 Å². The number of ketones is 1. The van der Waals surface area contributed by atoms with Crippen molar-refractivity contribution in [2.24, 2.45) is 0 Å². The van der Waals surface area contributed by atoms with Gasteiger partial charge in [-0.05, 0) is 39.3 Å². The minimum atomic E-state index is -0.649. The molecule has 0 saturated carbocycles. The van der Waals surface area contributed by atoms with Crippen LogP contribution in [0.15, 0.2) is 35.9 Å². The Kier molecular flexibility index (Phi) is 5.12. The van der Waals surface area contributed by atoms with Gasteiger partial charge in [0, 0.05) is 17.2 Å². The Bertz CT molecular complexity index is 730. The Morgan fingerprint density at radius 2 is 1.92 bits per heavy atom. The molecule has 2 unspecified atom stereocenters. The lowest BCUT2D eigenvalue weighted by Crippen LogP contribution is -2.24. The standard InChI is InChI=1S/C19H22O5/c1-7-11(4)19(21)24-18-14-8-13(12(5)20)15(22-6)9-16(14)23-17(18)10(2)3/h7-9,17-18H,2H2,1,3-6H3. The van der Waals surface area contributed by atoms with E-state index >= 15 is 0 Å². The number of hydrogen-bond donors (Lipinski definition) is 0. The van der Waals surface area contributed by atoms with Gasteiger partial charge < -0.3 is 14.2 Å². The summed E-state index contributed by atoms with van der Waals surface area (Å²) >= 11 is 0. The Hall–Kier alpha value is -2.56. The van der Waals surface area contributed by atoms with Gasteiger partial charge in [-0.25, -0.2) is 4.79 Å². The molecule has 5 heteroatoms. The Balaban J connectivity index is 2.50. The zero-order chi connectivity index (χ0) is 18.0. The van der Waals surface area contributed by atoms with Crippen LogP contribution in [0.1, 0.15) is 49.7 Å². The molecule has 0 aromatic heterocycles. The van der Waals surface area contributed by atoms with Gasteiger partial charge in [-0.2, -0.15) is 0 Å². The van der Waals surface area contributed by atoms with Crippen LogP contribution in [0.2, 0.25) is 0 Å². The smallest absolute Gasteiger partial charge is 0.334 e. The van der Waals surface area contributed by atoms with E-state index in [2.05, 4.69) is 6.58 Å². The van der Waals surface area contributed by atoms with Crippen molar-refractivity contribution in [1.82, 2.24) is 0 Å². The number of hydrogen-bond acceptors (Lipinski definition) is 5. The zero-order valence-corrected chi connectivity index (χ0v) is 14.6. The van der Waals surface area contributed by atoms with E-state index in [-0.39, 0.29) is 5.78 Å². The third-order valence-corrected chi connectivity index (χ3v) is 4.02. The van der Waals surface area contributed by atoms with Gasteiger partial charge in [0.2, 0.25) is 0 Å². The summed E-state index contributed by atoms with van der Waals surface area (Å²) in [5.74, 6) is 0.396. The summed E-state index contributed by atoms with van der Waals surface area (Å²) in [6, 6.07) is 3.32. The maximum Gasteiger partial charge on any atom is 0.334 e. The molecule has 0 bridgehead atoms. The van der Waals surface area contributed by atoms with E-state index in [4.69, 9.17) is 14.2 Å². The number of rotatable bonds is 5. The molecule has 128 valence electrons. The summed E-state index contributed by atoms with van der Waals surface area (Å²) in [5.41, 5.74) is 2.30. The quantitative estimate of drug-likeness (QED) is 0.356. The van der Waals surface area contributed by atoms with E-state index in [1.807, 2.05) is 6.92 Å². The maximum atomic E-state index is 12.2. The number of carbonyl (C=O) groups excluding carboxylic acids is 2. The second-order valence-corrected chi connectivity index (χ2v) is 5.83. The van der Waals surface area contributed by atoms with Crippen molar-refractivity contribution in [3.05, 3.63) is 47.1 Å². The van der Waals surface area contributed by atoms with Crippen LogP contribution >= 0.6 is 0 Å². The highest BCUT2D eigenvalue weighted by atomic mass is 16.6. The predicted molar refractivity (Wildman–Crippen MR) is 90.5 cm³/mol. The Morgan fingerprint density at radius 1 is 1.25 bits per heavy atom. The predicted octanol–water partition coefficient (Wildman–Crippen LogP) is 3.79. The number of carbonyl (C=O) groups is 2. The number of allylic oxidation sites excluding steroid dienone is 1. The van der Waals surface area contributed by atoms with Crippen molar-refractivity contribution in [1.29, 1.82) is 0 Å². The van der Waals surface area contributed by atoms with Crippen molar-refractivity contribution in [3.63, 3.8) is 0 Å². The third-order valence-electron chi connectivity index (χ3n) is 4.02. The summed E-state index contributed by atoms with van der Waals surface area (Å²) in [4.78, 5) is 24.1. The molecule has 1 aromatic rings. The largest absolute Gasteiger partial charge is 0.496 e. The minimum absolute atomic E-state index is 0.136. The fourth-order valence-corrected chi connectivity index (χ4v) is 2.52. The molecule has 2 atom stereocenters. The molecule has 0 amide bonds. The summed E-state index contributed by atoms with van der Waals surface area (Å²) in [6.07, 6.45) is 0.536. The van der Waals surface area contributed by atoms with Crippen molar-refractivity contribution >= 4 is 11.8 Å². The van der Waals surface area contributed by atoms with Crippen LogP contribution in [-0.4, -0.2) is 25.0 Å². The molecule has 0 aliphatic carbocycles. The topological polar surface area (TPSA) is 61.8 Å². The molecular weight excluding hydrogens is 308 g/mol. The molecular formula is C19H22O5. The van der Waals surface area contributed by atoms with Gasteiger partial charge in [0.25, 0.3) is 0 Å². The van der Waals surface area contributed by atoms with Gasteiger partial charge >= 0.3 is 5.97 Å². The fourth-order valence-electron chi connectivity index (χ4n) is 2.52. The molecule has 1 aliphatic rings. The molecule has 2 rings (SSSR count). The van der Waals surface area contributed by atoms with Gasteiger partial charge in [0.15, 0.2) is 18.0 Å². The first kappa shape index (κ1) is 17.8. The average molecular weight is 330 g/mol. The van der Waals surface area contributed by atoms with E-state index in [0.717, 1.165) is 5.57 Å². The van der Waals surface area contributed by atoms with Crippen LogP contribution in [0, 0.1) is 0 Å². The summed E-state index contributed by atoms with van der Waals surface area (Å²) in [6.45, 7) is 10.6. The van der Waals surface area contributed by atoms with Crippen LogP contribution in [0.5, 0.6) is 11.5 Å². The van der Waals surface area contributed by atoms with Gasteiger partial charge in [0.05, 0.1) is 12.7 Å². The van der Waals surface area contributed by atoms with E-state index in [1.165, 1.54) is 14.0 Å². The first-order chi connectivity index (χ1) is 11.3. The SMILES string of the molecule is C=C(C)C1Oc2cc(OC)c(C(C)=O)cc2C1OC(=O)C(C)=CC. The maximum absolute atomic E-state index is 12.2. The van der Waals surface area contributed by atoms with Gasteiger partial charge in [-0.1, -0.05) is 12.7 Å². The van der Waals surface area contributed by atoms with Crippen molar-refractivity contribution in [2.75, 3.05) is 7.11 Å². The first-order valence-corrected chi connectivity index (χ1v) is 7.69. The Labute approximate surface area is 141 Å². The normalized spacial score (nSPS) is 19.3. The van der Waals surface area contributed by atoms with Crippen molar-refractivity contribution < 1.29 is 23.8 Å². The third kappa shape index (κ3) is 3.20. The van der Waals surface area contributed by atoms with E-state index in [0.29, 0.717) is 28.2 Å². The molecule has 0 spiro atoms. The molecule has 1 aliphatic heterocycles. The number of benzene rings is 1. The second-order valence-electron chi connectivity index (χ2n) is 5.83. The molecule has 24 heavy (non-hydrogen) atoms. The highest BCUT2D eigenvalue weighted by Crippen LogP contribution is 2.44.